The Morgan fingerprint density at radius 1 is 0.478 bits per heavy atom. The van der Waals surface area contributed by atoms with Gasteiger partial charge in [-0.05, 0) is 0 Å². The zero-order chi connectivity index (χ0) is 19.5. The van der Waals surface area contributed by atoms with E-state index in [0.29, 0.717) is 0 Å². The van der Waals surface area contributed by atoms with E-state index in [0.717, 1.165) is 0 Å². The maximum atomic E-state index is 12.7. The van der Waals surface area contributed by atoms with Crippen LogP contribution in [0.4, 0.5) is 57.1 Å². The predicted octanol–water partition coefficient (Wildman–Crippen LogP) is 3.44. The molecule has 0 aromatic carbocycles. The van der Waals surface area contributed by atoms with Crippen LogP contribution in [0.3, 0.4) is 0 Å². The smallest absolute Gasteiger partial charge is 0.192 e. The van der Waals surface area contributed by atoms with Crippen LogP contribution in [0.1, 0.15) is 0 Å². The zero-order valence-corrected chi connectivity index (χ0v) is 10.4. The molecule has 0 saturated heterocycles. The standard InChI is InChI=1S/C6F13O3S/c7-1(8,3(11,12)5(15,16)17)2(9,10)4(13,14)6(18,19)23(20,21)22. The van der Waals surface area contributed by atoms with Crippen LogP contribution >= 0.6 is 0 Å². The second-order valence-corrected chi connectivity index (χ2v) is 5.19. The molecule has 23 heavy (non-hydrogen) atoms. The summed E-state index contributed by atoms with van der Waals surface area (Å²) in [4.78, 5) is 0. The van der Waals surface area contributed by atoms with Crippen molar-refractivity contribution in [3.05, 3.63) is 0 Å². The summed E-state index contributed by atoms with van der Waals surface area (Å²) in [6, 6.07) is 0. The van der Waals surface area contributed by atoms with Gasteiger partial charge in [0.05, 0.1) is 0 Å². The van der Waals surface area contributed by atoms with Crippen molar-refractivity contribution in [2.45, 2.75) is 35.1 Å². The van der Waals surface area contributed by atoms with Crippen LogP contribution in [0.25, 0.3) is 0 Å². The Balaban J connectivity index is 6.48. The predicted molar refractivity (Wildman–Crippen MR) is 40.4 cm³/mol. The van der Waals surface area contributed by atoms with Gasteiger partial charge < -0.3 is 0 Å². The van der Waals surface area contributed by atoms with E-state index in [2.05, 4.69) is 0 Å². The summed E-state index contributed by atoms with van der Waals surface area (Å²) in [7, 11) is -7.86. The minimum atomic E-state index is -8.29. The van der Waals surface area contributed by atoms with Crippen molar-refractivity contribution < 1.29 is 70.0 Å². The Morgan fingerprint density at radius 2 is 0.739 bits per heavy atom. The fourth-order valence-electron chi connectivity index (χ4n) is 0.912. The van der Waals surface area contributed by atoms with E-state index in [1.165, 1.54) is 0 Å². The van der Waals surface area contributed by atoms with Gasteiger partial charge >= 0.3 is 45.2 Å². The largest absolute Gasteiger partial charge is 0.460 e. The molecule has 0 aliphatic carbocycles. The lowest BCUT2D eigenvalue weighted by Crippen LogP contribution is -2.71. The van der Waals surface area contributed by atoms with Gasteiger partial charge in [-0.15, -0.1) is 0 Å². The average Bonchev–Trinajstić information content (AvgIpc) is 2.24. The minimum Gasteiger partial charge on any atom is -0.192 e. The average molecular weight is 399 g/mol. The highest BCUT2D eigenvalue weighted by Gasteiger charge is 2.92. The summed E-state index contributed by atoms with van der Waals surface area (Å²) < 4.78 is 189. The molecule has 0 aromatic rings. The molecule has 0 aliphatic heterocycles. The van der Waals surface area contributed by atoms with Crippen LogP contribution in [-0.2, 0) is 14.7 Å². The normalized spacial score (nSPS) is 16.6. The van der Waals surface area contributed by atoms with E-state index < -0.39 is 45.2 Å². The first-order valence-electron chi connectivity index (χ1n) is 4.41. The maximum absolute atomic E-state index is 12.7. The first kappa shape index (κ1) is 22.0. The summed E-state index contributed by atoms with van der Waals surface area (Å²) in [5.74, 6) is -32.6. The lowest BCUT2D eigenvalue weighted by Gasteiger charge is -2.38. The lowest BCUT2D eigenvalue weighted by atomic mass is 9.98. The molecule has 17 heteroatoms. The summed E-state index contributed by atoms with van der Waals surface area (Å²) >= 11 is 0. The van der Waals surface area contributed by atoms with E-state index in [-0.39, 0.29) is 0 Å². The van der Waals surface area contributed by atoms with Crippen LogP contribution in [0.15, 0.2) is 0 Å². The molecule has 0 saturated carbocycles. The van der Waals surface area contributed by atoms with Gasteiger partial charge in [-0.3, -0.25) is 0 Å². The molecule has 3 nitrogen and oxygen atoms in total. The Morgan fingerprint density at radius 3 is 0.957 bits per heavy atom. The third-order valence-corrected chi connectivity index (χ3v) is 3.10. The van der Waals surface area contributed by atoms with Crippen LogP contribution in [0.2, 0.25) is 0 Å². The molecule has 139 valence electrons. The fourth-order valence-corrected chi connectivity index (χ4v) is 1.35. The topological polar surface area (TPSA) is 54.0 Å². The van der Waals surface area contributed by atoms with Crippen molar-refractivity contribution in [1.29, 1.82) is 0 Å². The molecule has 0 atom stereocenters. The van der Waals surface area contributed by atoms with Gasteiger partial charge in [-0.1, -0.05) is 4.55 Å². The van der Waals surface area contributed by atoms with Gasteiger partial charge in [0.15, 0.2) is 0 Å². The number of hydrogen-bond acceptors (Lipinski definition) is 2. The Bertz CT molecular complexity index is 559. The number of alkyl halides is 13. The highest BCUT2D eigenvalue weighted by atomic mass is 32.2. The SMILES string of the molecule is [O]S(=O)(=O)C(F)(F)C(F)(F)C(F)(F)C(F)(F)C(F)(F)C(F)(F)F. The molecule has 0 bridgehead atoms. The summed E-state index contributed by atoms with van der Waals surface area (Å²) in [5, 5.41) is -7.63. The zero-order valence-electron chi connectivity index (χ0n) is 9.55. The highest BCUT2D eigenvalue weighted by Crippen LogP contribution is 2.60. The molecule has 0 fully saturated rings. The molecule has 0 unspecified atom stereocenters. The molecular weight excluding hydrogens is 399 g/mol. The minimum absolute atomic E-state index is 7.61. The first-order valence-corrected chi connectivity index (χ1v) is 5.82. The molecule has 0 aromatic heterocycles. The van der Waals surface area contributed by atoms with E-state index in [1.807, 2.05) is 0 Å². The van der Waals surface area contributed by atoms with Gasteiger partial charge in [0.1, 0.15) is 0 Å². The summed E-state index contributed by atoms with van der Waals surface area (Å²) in [6.07, 6.45) is -7.61. The fraction of sp³-hybridized carbons (Fsp3) is 1.00. The maximum Gasteiger partial charge on any atom is 0.460 e. The second kappa shape index (κ2) is 5.00. The van der Waals surface area contributed by atoms with Crippen LogP contribution in [0.5, 0.6) is 0 Å². The van der Waals surface area contributed by atoms with Crippen molar-refractivity contribution in [3.63, 3.8) is 0 Å². The van der Waals surface area contributed by atoms with Crippen molar-refractivity contribution >= 4 is 10.1 Å². The molecule has 1 radical (unpaired) electrons. The lowest BCUT2D eigenvalue weighted by molar-refractivity contribution is -0.433. The molecule has 0 spiro atoms. The van der Waals surface area contributed by atoms with E-state index in [4.69, 9.17) is 0 Å². The van der Waals surface area contributed by atoms with E-state index in [1.54, 1.807) is 0 Å². The third kappa shape index (κ3) is 2.70. The van der Waals surface area contributed by atoms with Gasteiger partial charge in [0.2, 0.25) is 0 Å². The van der Waals surface area contributed by atoms with Gasteiger partial charge in [0, 0.05) is 0 Å². The Labute approximate surface area is 116 Å². The number of hydrogen-bond donors (Lipinski definition) is 0. The summed E-state index contributed by atoms with van der Waals surface area (Å²) in [5.41, 5.74) is 0. The Hall–Kier alpha value is -1.00. The molecule has 0 aliphatic rings. The van der Waals surface area contributed by atoms with Crippen molar-refractivity contribution in [2.75, 3.05) is 0 Å². The number of halogens is 13. The van der Waals surface area contributed by atoms with Crippen molar-refractivity contribution in [1.82, 2.24) is 0 Å². The van der Waals surface area contributed by atoms with Gasteiger partial charge in [0.25, 0.3) is 0 Å². The monoisotopic (exact) mass is 399 g/mol. The van der Waals surface area contributed by atoms with Crippen molar-refractivity contribution in [2.24, 2.45) is 0 Å². The quantitative estimate of drug-likeness (QED) is 0.666. The van der Waals surface area contributed by atoms with Gasteiger partial charge in [-0.2, -0.15) is 65.5 Å². The third-order valence-electron chi connectivity index (χ3n) is 2.22. The van der Waals surface area contributed by atoms with Crippen LogP contribution < -0.4 is 0 Å². The first-order chi connectivity index (χ1) is 9.50. The second-order valence-electron chi connectivity index (χ2n) is 3.77. The number of rotatable bonds is 5. The molecule has 0 amide bonds. The van der Waals surface area contributed by atoms with E-state index in [9.17, 15) is 70.0 Å². The molecular formula is C6F13O3S. The van der Waals surface area contributed by atoms with Crippen LogP contribution in [-0.4, -0.2) is 43.5 Å². The molecule has 0 heterocycles. The van der Waals surface area contributed by atoms with Crippen molar-refractivity contribution in [3.8, 4) is 0 Å². The highest BCUT2D eigenvalue weighted by molar-refractivity contribution is 7.86. The Kier molecular flexibility index (Phi) is 4.78. The molecule has 0 rings (SSSR count). The van der Waals surface area contributed by atoms with E-state index >= 15 is 0 Å². The van der Waals surface area contributed by atoms with Gasteiger partial charge in [-0.25, -0.2) is 0 Å². The van der Waals surface area contributed by atoms with Crippen LogP contribution in [0, 0.1) is 0 Å². The summed E-state index contributed by atoms with van der Waals surface area (Å²) in [6.45, 7) is 0. The molecule has 0 N–H and O–H groups in total.